The highest BCUT2D eigenvalue weighted by Gasteiger charge is 2.41. The van der Waals surface area contributed by atoms with Crippen LogP contribution in [0.2, 0.25) is 0 Å². The van der Waals surface area contributed by atoms with Gasteiger partial charge in [0.15, 0.2) is 5.75 Å². The van der Waals surface area contributed by atoms with Crippen molar-refractivity contribution in [2.75, 3.05) is 57.1 Å². The molecule has 2 aliphatic heterocycles. The van der Waals surface area contributed by atoms with Crippen molar-refractivity contribution in [2.24, 2.45) is 5.41 Å². The predicted molar refractivity (Wildman–Crippen MR) is 124 cm³/mol. The van der Waals surface area contributed by atoms with Gasteiger partial charge in [-0.2, -0.15) is 0 Å². The van der Waals surface area contributed by atoms with Gasteiger partial charge >= 0.3 is 0 Å². The molecule has 2 aliphatic rings. The number of likely N-dealkylation sites (N-methyl/N-ethyl adjacent to an activating group) is 1. The zero-order chi connectivity index (χ0) is 22.2. The van der Waals surface area contributed by atoms with Gasteiger partial charge in [0.1, 0.15) is 11.4 Å². The first-order chi connectivity index (χ1) is 14.8. The van der Waals surface area contributed by atoms with E-state index in [9.17, 15) is 14.7 Å². The second kappa shape index (κ2) is 8.82. The second-order valence-corrected chi connectivity index (χ2v) is 9.90. The number of phenolic OH excluding ortho intramolecular Hbond substituents is 1. The standard InChI is InChI=1S/C22H30N4O4S/c1-4-16(22(2)12-30-13-22)24-18-17(20(28)21(18)29)23-14-6-5-7-15(19(14)27)31-26-10-8-25(3)9-11-26/h5-7,16,23-24,27H,4,8-13H2,1-3H3. The monoisotopic (exact) mass is 446 g/mol. The molecule has 0 bridgehead atoms. The number of hydrogen-bond donors (Lipinski definition) is 3. The Hall–Kier alpha value is -2.07. The maximum absolute atomic E-state index is 12.3. The van der Waals surface area contributed by atoms with Gasteiger partial charge in [0.05, 0.1) is 23.8 Å². The number of piperazine rings is 1. The van der Waals surface area contributed by atoms with Crippen LogP contribution in [0.3, 0.4) is 0 Å². The van der Waals surface area contributed by atoms with Gasteiger partial charge in [-0.15, -0.1) is 0 Å². The molecule has 0 spiro atoms. The predicted octanol–water partition coefficient (Wildman–Crippen LogP) is 2.21. The molecular weight excluding hydrogens is 416 g/mol. The van der Waals surface area contributed by atoms with E-state index in [1.165, 1.54) is 11.9 Å². The maximum Gasteiger partial charge on any atom is 0.253 e. The molecule has 2 heterocycles. The first-order valence-corrected chi connectivity index (χ1v) is 11.5. The van der Waals surface area contributed by atoms with Crippen LogP contribution in [0.15, 0.2) is 32.7 Å². The number of anilines is 3. The van der Waals surface area contributed by atoms with Crippen LogP contribution in [0.4, 0.5) is 17.1 Å². The summed E-state index contributed by atoms with van der Waals surface area (Å²) in [6, 6.07) is 5.43. The normalized spacial score (nSPS) is 20.4. The van der Waals surface area contributed by atoms with E-state index in [-0.39, 0.29) is 22.9 Å². The zero-order valence-corrected chi connectivity index (χ0v) is 19.1. The van der Waals surface area contributed by atoms with Crippen LogP contribution in [-0.2, 0) is 4.74 Å². The number of aromatic hydroxyl groups is 1. The molecule has 2 aromatic carbocycles. The third kappa shape index (κ3) is 4.32. The van der Waals surface area contributed by atoms with Crippen molar-refractivity contribution in [3.63, 3.8) is 0 Å². The number of benzene rings is 1. The Morgan fingerprint density at radius 2 is 1.84 bits per heavy atom. The Labute approximate surface area is 186 Å². The molecule has 0 amide bonds. The largest absolute Gasteiger partial charge is 0.505 e. The molecule has 3 N–H and O–H groups in total. The summed E-state index contributed by atoms with van der Waals surface area (Å²) in [6.45, 7) is 9.19. The lowest BCUT2D eigenvalue weighted by Gasteiger charge is -2.45. The molecule has 1 atom stereocenters. The summed E-state index contributed by atoms with van der Waals surface area (Å²) in [5.74, 6) is 0.0804. The Bertz CT molecular complexity index is 1010. The molecule has 2 saturated heterocycles. The lowest BCUT2D eigenvalue weighted by Crippen LogP contribution is -2.53. The fourth-order valence-electron chi connectivity index (χ4n) is 4.07. The van der Waals surface area contributed by atoms with Crippen molar-refractivity contribution in [3.8, 4) is 5.75 Å². The van der Waals surface area contributed by atoms with Gasteiger partial charge in [-0.3, -0.25) is 9.59 Å². The lowest BCUT2D eigenvalue weighted by molar-refractivity contribution is -0.111. The van der Waals surface area contributed by atoms with Crippen LogP contribution in [0.25, 0.3) is 0 Å². The van der Waals surface area contributed by atoms with Crippen molar-refractivity contribution in [1.29, 1.82) is 0 Å². The van der Waals surface area contributed by atoms with E-state index < -0.39 is 10.9 Å². The van der Waals surface area contributed by atoms with Gasteiger partial charge in [-0.25, -0.2) is 4.31 Å². The van der Waals surface area contributed by atoms with Gasteiger partial charge in [0, 0.05) is 37.6 Å². The second-order valence-electron chi connectivity index (χ2n) is 8.76. The topological polar surface area (TPSA) is 94.1 Å². The minimum atomic E-state index is -0.566. The van der Waals surface area contributed by atoms with E-state index in [0.717, 1.165) is 32.6 Å². The van der Waals surface area contributed by atoms with Crippen LogP contribution in [-0.4, -0.2) is 66.8 Å². The molecule has 8 nitrogen and oxygen atoms in total. The van der Waals surface area contributed by atoms with Gasteiger partial charge < -0.3 is 25.4 Å². The first-order valence-electron chi connectivity index (χ1n) is 10.7. The quantitative estimate of drug-likeness (QED) is 0.320. The number of rotatable bonds is 8. The highest BCUT2D eigenvalue weighted by molar-refractivity contribution is 7.97. The molecule has 2 aromatic rings. The average Bonchev–Trinajstić information content (AvgIpc) is 2.75. The van der Waals surface area contributed by atoms with E-state index >= 15 is 0 Å². The fourth-order valence-corrected chi connectivity index (χ4v) is 5.03. The summed E-state index contributed by atoms with van der Waals surface area (Å²) in [6.07, 6.45) is 0.806. The minimum Gasteiger partial charge on any atom is -0.505 e. The van der Waals surface area contributed by atoms with Gasteiger partial charge in [-0.1, -0.05) is 19.9 Å². The number of phenols is 1. The Balaban J connectivity index is 1.50. The molecule has 0 radical (unpaired) electrons. The van der Waals surface area contributed by atoms with Crippen LogP contribution >= 0.6 is 11.9 Å². The highest BCUT2D eigenvalue weighted by atomic mass is 32.2. The smallest absolute Gasteiger partial charge is 0.253 e. The van der Waals surface area contributed by atoms with E-state index in [1.54, 1.807) is 6.07 Å². The van der Waals surface area contributed by atoms with Crippen molar-refractivity contribution in [2.45, 2.75) is 31.2 Å². The van der Waals surface area contributed by atoms with Crippen molar-refractivity contribution >= 4 is 29.0 Å². The van der Waals surface area contributed by atoms with Crippen molar-refractivity contribution in [1.82, 2.24) is 9.21 Å². The number of para-hydroxylation sites is 1. The van der Waals surface area contributed by atoms with E-state index in [0.29, 0.717) is 29.5 Å². The lowest BCUT2D eigenvalue weighted by atomic mass is 9.79. The maximum atomic E-state index is 12.3. The summed E-state index contributed by atoms with van der Waals surface area (Å²) in [5, 5.41) is 17.1. The Morgan fingerprint density at radius 3 is 2.45 bits per heavy atom. The summed E-state index contributed by atoms with van der Waals surface area (Å²) >= 11 is 1.51. The van der Waals surface area contributed by atoms with Crippen LogP contribution in [0.1, 0.15) is 20.3 Å². The average molecular weight is 447 g/mol. The zero-order valence-electron chi connectivity index (χ0n) is 18.2. The van der Waals surface area contributed by atoms with Crippen LogP contribution in [0, 0.1) is 5.41 Å². The molecule has 31 heavy (non-hydrogen) atoms. The van der Waals surface area contributed by atoms with Gasteiger partial charge in [-0.05, 0) is 37.5 Å². The van der Waals surface area contributed by atoms with Crippen LogP contribution < -0.4 is 21.5 Å². The number of nitrogens with zero attached hydrogens (tertiary/aromatic N) is 2. The molecular formula is C22H30N4O4S. The molecule has 1 unspecified atom stereocenters. The molecule has 0 aromatic heterocycles. The van der Waals surface area contributed by atoms with E-state index in [4.69, 9.17) is 4.74 Å². The third-order valence-electron chi connectivity index (χ3n) is 6.29. The summed E-state index contributed by atoms with van der Waals surface area (Å²) in [5.41, 5.74) is -0.227. The Morgan fingerprint density at radius 1 is 1.16 bits per heavy atom. The molecule has 4 rings (SSSR count). The minimum absolute atomic E-state index is 0.0258. The molecule has 0 aliphatic carbocycles. The third-order valence-corrected chi connectivity index (χ3v) is 7.44. The summed E-state index contributed by atoms with van der Waals surface area (Å²) in [4.78, 5) is 27.5. The van der Waals surface area contributed by atoms with E-state index in [2.05, 4.69) is 33.8 Å². The number of ether oxygens (including phenoxy) is 1. The fraction of sp³-hybridized carbons (Fsp3) is 0.545. The van der Waals surface area contributed by atoms with Crippen LogP contribution in [0.5, 0.6) is 5.75 Å². The van der Waals surface area contributed by atoms with Crippen molar-refractivity contribution in [3.05, 3.63) is 38.6 Å². The molecule has 9 heteroatoms. The van der Waals surface area contributed by atoms with Gasteiger partial charge in [0.2, 0.25) is 0 Å². The molecule has 0 saturated carbocycles. The molecule has 2 fully saturated rings. The molecule has 168 valence electrons. The Kier molecular flexibility index (Phi) is 6.30. The first kappa shape index (κ1) is 22.1. The highest BCUT2D eigenvalue weighted by Crippen LogP contribution is 2.39. The van der Waals surface area contributed by atoms with Gasteiger partial charge in [0.25, 0.3) is 10.9 Å². The van der Waals surface area contributed by atoms with E-state index in [1.807, 2.05) is 19.1 Å². The number of hydrogen-bond acceptors (Lipinski definition) is 9. The van der Waals surface area contributed by atoms with Crippen molar-refractivity contribution < 1.29 is 9.84 Å². The summed E-state index contributed by atoms with van der Waals surface area (Å²) < 4.78 is 7.57. The summed E-state index contributed by atoms with van der Waals surface area (Å²) in [7, 11) is 2.10. The SMILES string of the molecule is CCC(Nc1c(Nc2cccc(SN3CCN(C)CC3)c2O)c(=O)c1=O)C1(C)COC1. The number of nitrogens with one attached hydrogen (secondary N) is 2.